The van der Waals surface area contributed by atoms with Crippen molar-refractivity contribution >= 4 is 24.6 Å². The highest BCUT2D eigenvalue weighted by atomic mass is 32.1. The first-order chi connectivity index (χ1) is 24.9. The van der Waals surface area contributed by atoms with Crippen molar-refractivity contribution in [3.8, 4) is 0 Å². The molecule has 0 aliphatic rings. The van der Waals surface area contributed by atoms with E-state index < -0.39 is 119 Å². The molecule has 0 aromatic carbocycles. The number of rotatable bonds is 15. The van der Waals surface area contributed by atoms with Crippen LogP contribution in [0.15, 0.2) is 0 Å². The number of halogens is 34. The summed E-state index contributed by atoms with van der Waals surface area (Å²) in [6, 6.07) is 0. The molecular weight excluding hydrogens is 982 g/mol. The molecule has 0 aliphatic carbocycles. The predicted octanol–water partition coefficient (Wildman–Crippen LogP) is 10.7. The molecule has 0 saturated heterocycles. The van der Waals surface area contributed by atoms with E-state index in [0.29, 0.717) is 0 Å². The van der Waals surface area contributed by atoms with Gasteiger partial charge in [-0.2, -0.15) is 162 Å². The number of hydrogen-bond donors (Lipinski definition) is 1. The van der Waals surface area contributed by atoms with Gasteiger partial charge in [0.2, 0.25) is 0 Å². The molecule has 352 valence electrons. The average Bonchev–Trinajstić information content (AvgIpc) is 2.97. The molecule has 0 rings (SSSR count). The Morgan fingerprint density at radius 1 is 0.322 bits per heavy atom. The first kappa shape index (κ1) is 55.9. The van der Waals surface area contributed by atoms with Crippen molar-refractivity contribution in [2.24, 2.45) is 0 Å². The third-order valence-corrected chi connectivity index (χ3v) is 6.92. The molecule has 39 heteroatoms. The number of ether oxygens (including phenoxy) is 2. The van der Waals surface area contributed by atoms with Crippen LogP contribution in [-0.2, 0) is 19.1 Å². The van der Waals surface area contributed by atoms with E-state index in [1.807, 2.05) is 9.47 Å². The summed E-state index contributed by atoms with van der Waals surface area (Å²) < 4.78 is 456. The fourth-order valence-electron chi connectivity index (χ4n) is 3.19. The Kier molecular flexibility index (Phi) is 13.7. The number of carbonyl (C=O) groups is 2. The van der Waals surface area contributed by atoms with Gasteiger partial charge in [-0.3, -0.25) is 9.59 Å². The largest absolute Gasteiger partial charge is 0.467 e. The Balaban J connectivity index is 7.19. The van der Waals surface area contributed by atoms with Crippen molar-refractivity contribution in [1.82, 2.24) is 0 Å². The standard InChI is InChI=1S/C20H4F34O4S/c21-5(22,9(29,30)13(37,38)17(43,44)45)7(25,26)11(33,34)15(41,19(49,50)51)57-3(55)1-2(59)4(56)58-16(42,20(52,53)54)12(35,36)8(27,28)6(23,24)10(31,32)14(39,40)18(46,47)48/h2,59H,1H2. The monoisotopic (exact) mass is 986 g/mol. The van der Waals surface area contributed by atoms with Crippen molar-refractivity contribution in [1.29, 1.82) is 0 Å². The predicted molar refractivity (Wildman–Crippen MR) is 111 cm³/mol. The van der Waals surface area contributed by atoms with E-state index in [0.717, 1.165) is 0 Å². The Morgan fingerprint density at radius 3 is 0.746 bits per heavy atom. The van der Waals surface area contributed by atoms with Crippen molar-refractivity contribution < 1.29 is 168 Å². The first-order valence-electron chi connectivity index (χ1n) is 12.5. The molecule has 59 heavy (non-hydrogen) atoms. The zero-order valence-electron chi connectivity index (χ0n) is 25.2. The third kappa shape index (κ3) is 7.74. The molecule has 3 atom stereocenters. The van der Waals surface area contributed by atoms with Gasteiger partial charge in [0.25, 0.3) is 0 Å². The lowest BCUT2D eigenvalue weighted by Gasteiger charge is -2.43. The highest BCUT2D eigenvalue weighted by Crippen LogP contribution is 2.66. The van der Waals surface area contributed by atoms with Crippen molar-refractivity contribution in [3.63, 3.8) is 0 Å². The Bertz CT molecular complexity index is 1550. The van der Waals surface area contributed by atoms with Crippen molar-refractivity contribution in [2.45, 2.75) is 107 Å². The maximum Gasteiger partial charge on any atom is 0.467 e. The second-order valence-corrected chi connectivity index (χ2v) is 11.2. The van der Waals surface area contributed by atoms with Crippen LogP contribution in [0.1, 0.15) is 6.42 Å². The van der Waals surface area contributed by atoms with Gasteiger partial charge in [-0.25, -0.2) is 0 Å². The molecule has 0 aromatic rings. The van der Waals surface area contributed by atoms with Crippen LogP contribution in [0.25, 0.3) is 0 Å². The second kappa shape index (κ2) is 14.5. The quantitative estimate of drug-likeness (QED) is 0.101. The van der Waals surface area contributed by atoms with E-state index in [-0.39, 0.29) is 0 Å². The smallest absolute Gasteiger partial charge is 0.415 e. The molecule has 0 aliphatic heterocycles. The number of alkyl halides is 34. The molecular formula is C20H4F34O4S. The molecule has 0 fully saturated rings. The van der Waals surface area contributed by atoms with Crippen LogP contribution in [0.3, 0.4) is 0 Å². The molecule has 0 bridgehead atoms. The summed E-state index contributed by atoms with van der Waals surface area (Å²) in [5.74, 6) is -117. The number of hydrogen-bond acceptors (Lipinski definition) is 5. The summed E-state index contributed by atoms with van der Waals surface area (Å²) in [6.07, 6.45) is -37.0. The maximum absolute atomic E-state index is 14.5. The van der Waals surface area contributed by atoms with Gasteiger partial charge in [0, 0.05) is 0 Å². The lowest BCUT2D eigenvalue weighted by molar-refractivity contribution is -0.477. The van der Waals surface area contributed by atoms with Gasteiger partial charge in [0.15, 0.2) is 0 Å². The van der Waals surface area contributed by atoms with Crippen LogP contribution in [0.4, 0.5) is 149 Å². The van der Waals surface area contributed by atoms with Crippen LogP contribution in [0, 0.1) is 0 Å². The number of thiol groups is 1. The first-order valence-corrected chi connectivity index (χ1v) is 13.0. The molecule has 0 N–H and O–H groups in total. The van der Waals surface area contributed by atoms with Gasteiger partial charge < -0.3 is 9.47 Å². The summed E-state index contributed by atoms with van der Waals surface area (Å²) in [5.41, 5.74) is 0. The molecule has 0 aromatic heterocycles. The SMILES string of the molecule is O=C(CC(S)C(=O)OC(F)(C(F)(F)F)C(F)(F)C(F)(F)C(F)(F)C(F)(F)C(F)(F)C(F)(F)F)OC(F)(C(F)(F)F)C(F)(F)C(F)(F)C(F)(F)C(F)(F)C(F)(F)C(F)(F)F. The molecule has 0 spiro atoms. The minimum Gasteiger partial charge on any atom is -0.415 e. The van der Waals surface area contributed by atoms with E-state index in [1.165, 1.54) is 0 Å². The Labute approximate surface area is 301 Å². The fourth-order valence-corrected chi connectivity index (χ4v) is 3.39. The summed E-state index contributed by atoms with van der Waals surface area (Å²) >= 11 is 2.22. The zero-order valence-corrected chi connectivity index (χ0v) is 26.1. The molecule has 4 nitrogen and oxygen atoms in total. The summed E-state index contributed by atoms with van der Waals surface area (Å²) in [5, 5.41) is -4.39. The minimum absolute atomic E-state index is 1.86. The van der Waals surface area contributed by atoms with E-state index in [4.69, 9.17) is 0 Å². The van der Waals surface area contributed by atoms with Crippen LogP contribution >= 0.6 is 12.6 Å². The molecule has 0 saturated carbocycles. The highest BCUT2D eigenvalue weighted by Gasteiger charge is 2.98. The number of carbonyl (C=O) groups excluding carboxylic acids is 2. The van der Waals surface area contributed by atoms with Crippen LogP contribution in [-0.4, -0.2) is 113 Å². The Hall–Kier alpha value is -3.09. The van der Waals surface area contributed by atoms with Gasteiger partial charge >= 0.3 is 108 Å². The van der Waals surface area contributed by atoms with E-state index in [9.17, 15) is 159 Å². The zero-order chi connectivity index (χ0) is 48.9. The lowest BCUT2D eigenvalue weighted by atomic mass is 9.90. The van der Waals surface area contributed by atoms with Gasteiger partial charge in [-0.15, -0.1) is 0 Å². The van der Waals surface area contributed by atoms with E-state index in [2.05, 4.69) is 12.6 Å². The summed E-state index contributed by atoms with van der Waals surface area (Å²) in [7, 11) is 0. The van der Waals surface area contributed by atoms with Crippen molar-refractivity contribution in [2.75, 3.05) is 0 Å². The lowest BCUT2D eigenvalue weighted by Crippen LogP contribution is -2.75. The average molecular weight is 986 g/mol. The van der Waals surface area contributed by atoms with Gasteiger partial charge in [-0.05, 0) is 0 Å². The second-order valence-electron chi connectivity index (χ2n) is 10.5. The third-order valence-electron chi connectivity index (χ3n) is 6.53. The molecule has 0 heterocycles. The van der Waals surface area contributed by atoms with Crippen LogP contribution in [0.2, 0.25) is 0 Å². The molecule has 3 unspecified atom stereocenters. The summed E-state index contributed by atoms with van der Waals surface area (Å²) in [6.45, 7) is 0. The van der Waals surface area contributed by atoms with Gasteiger partial charge in [0.05, 0.1) is 6.42 Å². The fraction of sp³-hybridized carbons (Fsp3) is 0.900. The van der Waals surface area contributed by atoms with Crippen molar-refractivity contribution in [3.05, 3.63) is 0 Å². The van der Waals surface area contributed by atoms with Gasteiger partial charge in [-0.1, -0.05) is 0 Å². The Morgan fingerprint density at radius 2 is 0.525 bits per heavy atom. The van der Waals surface area contributed by atoms with E-state index in [1.54, 1.807) is 0 Å². The minimum atomic E-state index is -9.39. The van der Waals surface area contributed by atoms with E-state index >= 15 is 0 Å². The number of esters is 2. The van der Waals surface area contributed by atoms with Gasteiger partial charge in [0.1, 0.15) is 5.25 Å². The summed E-state index contributed by atoms with van der Waals surface area (Å²) in [4.78, 5) is 23.2. The van der Waals surface area contributed by atoms with Crippen LogP contribution in [0.5, 0.6) is 0 Å². The maximum atomic E-state index is 14.5. The highest BCUT2D eigenvalue weighted by molar-refractivity contribution is 7.81. The normalized spacial score (nSPS) is 18.5. The topological polar surface area (TPSA) is 52.6 Å². The van der Waals surface area contributed by atoms with Crippen LogP contribution < -0.4 is 0 Å². The molecule has 0 amide bonds. The molecule has 0 radical (unpaired) electrons.